The van der Waals surface area contributed by atoms with Crippen LogP contribution in [-0.2, 0) is 0 Å². The maximum Gasteiger partial charge on any atom is 0.119 e. The first kappa shape index (κ1) is 14.0. The molecule has 1 unspecified atom stereocenters. The largest absolute Gasteiger partial charge is 0.490 e. The van der Waals surface area contributed by atoms with Crippen LogP contribution in [0.15, 0.2) is 48.5 Å². The predicted molar refractivity (Wildman–Crippen MR) is 86.9 cm³/mol. The highest BCUT2D eigenvalue weighted by Gasteiger charge is 2.23. The molecule has 1 aliphatic rings. The first-order chi connectivity index (χ1) is 10.1. The van der Waals surface area contributed by atoms with Gasteiger partial charge in [-0.25, -0.2) is 0 Å². The summed E-state index contributed by atoms with van der Waals surface area (Å²) in [4.78, 5) is 2.08. The summed E-state index contributed by atoms with van der Waals surface area (Å²) < 4.78 is 5.76. The van der Waals surface area contributed by atoms with Crippen LogP contribution >= 0.6 is 0 Å². The zero-order valence-corrected chi connectivity index (χ0v) is 12.6. The Morgan fingerprint density at radius 3 is 1.95 bits per heavy atom. The fourth-order valence-electron chi connectivity index (χ4n) is 2.30. The molecule has 3 heteroatoms. The highest BCUT2D eigenvalue weighted by atomic mass is 16.5. The number of rotatable bonds is 5. The van der Waals surface area contributed by atoms with Crippen molar-refractivity contribution in [1.82, 2.24) is 0 Å². The lowest BCUT2D eigenvalue weighted by molar-refractivity contribution is 0.303. The normalized spacial score (nSPS) is 15.6. The van der Waals surface area contributed by atoms with E-state index < -0.39 is 0 Å². The molecule has 2 N–H and O–H groups in total. The van der Waals surface area contributed by atoms with Crippen LogP contribution < -0.4 is 15.4 Å². The summed E-state index contributed by atoms with van der Waals surface area (Å²) in [6.45, 7) is 0. The first-order valence-electron chi connectivity index (χ1n) is 7.43. The lowest BCUT2D eigenvalue weighted by Crippen LogP contribution is -2.13. The van der Waals surface area contributed by atoms with E-state index in [0.29, 0.717) is 6.10 Å². The van der Waals surface area contributed by atoms with Crippen molar-refractivity contribution < 1.29 is 4.74 Å². The minimum atomic E-state index is -0.101. The standard InChI is InChI=1S/C18H22N2O/c1-20(2)15-7-3-13(4-8-15)18(19)14-5-9-16(10-6-14)21-17-11-12-17/h3-10,17-18H,11-12,19H2,1-2H3. The Hall–Kier alpha value is -2.00. The molecule has 3 rings (SSSR count). The third kappa shape index (κ3) is 3.37. The zero-order valence-electron chi connectivity index (χ0n) is 12.6. The van der Waals surface area contributed by atoms with Gasteiger partial charge in [0.1, 0.15) is 5.75 Å². The fraction of sp³-hybridized carbons (Fsp3) is 0.333. The topological polar surface area (TPSA) is 38.5 Å². The van der Waals surface area contributed by atoms with E-state index >= 15 is 0 Å². The molecule has 1 saturated carbocycles. The highest BCUT2D eigenvalue weighted by molar-refractivity contribution is 5.47. The van der Waals surface area contributed by atoms with Crippen LogP contribution in [0.25, 0.3) is 0 Å². The Morgan fingerprint density at radius 1 is 0.952 bits per heavy atom. The van der Waals surface area contributed by atoms with Crippen LogP contribution in [0, 0.1) is 0 Å². The summed E-state index contributed by atoms with van der Waals surface area (Å²) in [5.41, 5.74) is 9.76. The molecule has 3 nitrogen and oxygen atoms in total. The molecule has 2 aromatic rings. The molecule has 2 aromatic carbocycles. The Labute approximate surface area is 126 Å². The van der Waals surface area contributed by atoms with Gasteiger partial charge in [-0.3, -0.25) is 0 Å². The second-order valence-corrected chi connectivity index (χ2v) is 5.85. The summed E-state index contributed by atoms with van der Waals surface area (Å²) in [6, 6.07) is 16.4. The van der Waals surface area contributed by atoms with E-state index in [1.807, 2.05) is 26.2 Å². The lowest BCUT2D eigenvalue weighted by atomic mass is 9.99. The van der Waals surface area contributed by atoms with Gasteiger partial charge in [-0.15, -0.1) is 0 Å². The Morgan fingerprint density at radius 2 is 1.48 bits per heavy atom. The van der Waals surface area contributed by atoms with Gasteiger partial charge in [0.15, 0.2) is 0 Å². The highest BCUT2D eigenvalue weighted by Crippen LogP contribution is 2.28. The minimum absolute atomic E-state index is 0.101. The molecule has 0 spiro atoms. The third-order valence-electron chi connectivity index (χ3n) is 3.83. The summed E-state index contributed by atoms with van der Waals surface area (Å²) in [7, 11) is 4.07. The predicted octanol–water partition coefficient (Wildman–Crippen LogP) is 3.34. The number of anilines is 1. The second kappa shape index (κ2) is 5.78. The molecule has 0 aliphatic heterocycles. The number of nitrogens with two attached hydrogens (primary N) is 1. The Balaban J connectivity index is 1.72. The van der Waals surface area contributed by atoms with Crippen molar-refractivity contribution in [3.63, 3.8) is 0 Å². The molecule has 0 bridgehead atoms. The molecular weight excluding hydrogens is 260 g/mol. The number of nitrogens with zero attached hydrogens (tertiary/aromatic N) is 1. The van der Waals surface area contributed by atoms with Crippen molar-refractivity contribution in [2.24, 2.45) is 5.73 Å². The van der Waals surface area contributed by atoms with E-state index in [0.717, 1.165) is 16.9 Å². The van der Waals surface area contributed by atoms with Gasteiger partial charge < -0.3 is 15.4 Å². The van der Waals surface area contributed by atoms with Crippen molar-refractivity contribution in [3.05, 3.63) is 59.7 Å². The molecule has 110 valence electrons. The second-order valence-electron chi connectivity index (χ2n) is 5.85. The first-order valence-corrected chi connectivity index (χ1v) is 7.43. The van der Waals surface area contributed by atoms with Crippen LogP contribution in [0.4, 0.5) is 5.69 Å². The van der Waals surface area contributed by atoms with Gasteiger partial charge in [0, 0.05) is 19.8 Å². The van der Waals surface area contributed by atoms with Crippen molar-refractivity contribution in [2.75, 3.05) is 19.0 Å². The molecule has 1 atom stereocenters. The Kier molecular flexibility index (Phi) is 3.84. The van der Waals surface area contributed by atoms with Crippen molar-refractivity contribution in [2.45, 2.75) is 25.0 Å². The minimum Gasteiger partial charge on any atom is -0.490 e. The van der Waals surface area contributed by atoms with Gasteiger partial charge in [-0.1, -0.05) is 24.3 Å². The molecule has 1 aliphatic carbocycles. The average molecular weight is 282 g/mol. The summed E-state index contributed by atoms with van der Waals surface area (Å²) in [5, 5.41) is 0. The fourth-order valence-corrected chi connectivity index (χ4v) is 2.30. The van der Waals surface area contributed by atoms with Gasteiger partial charge in [-0.2, -0.15) is 0 Å². The SMILES string of the molecule is CN(C)c1ccc(C(N)c2ccc(OC3CC3)cc2)cc1. The van der Waals surface area contributed by atoms with Crippen molar-refractivity contribution in [3.8, 4) is 5.75 Å². The van der Waals surface area contributed by atoms with E-state index in [-0.39, 0.29) is 6.04 Å². The van der Waals surface area contributed by atoms with Gasteiger partial charge in [0.05, 0.1) is 12.1 Å². The molecule has 0 saturated heterocycles. The zero-order chi connectivity index (χ0) is 14.8. The number of benzene rings is 2. The smallest absolute Gasteiger partial charge is 0.119 e. The number of ether oxygens (including phenoxy) is 1. The van der Waals surface area contributed by atoms with Gasteiger partial charge >= 0.3 is 0 Å². The summed E-state index contributed by atoms with van der Waals surface area (Å²) >= 11 is 0. The van der Waals surface area contributed by atoms with E-state index in [9.17, 15) is 0 Å². The average Bonchev–Trinajstić information content (AvgIpc) is 3.31. The van der Waals surface area contributed by atoms with Crippen LogP contribution in [0.2, 0.25) is 0 Å². The van der Waals surface area contributed by atoms with E-state index in [4.69, 9.17) is 10.5 Å². The monoisotopic (exact) mass is 282 g/mol. The lowest BCUT2D eigenvalue weighted by Gasteiger charge is -2.16. The van der Waals surface area contributed by atoms with Gasteiger partial charge in [0.2, 0.25) is 0 Å². The molecule has 21 heavy (non-hydrogen) atoms. The third-order valence-corrected chi connectivity index (χ3v) is 3.83. The van der Waals surface area contributed by atoms with Crippen LogP contribution in [0.1, 0.15) is 30.0 Å². The van der Waals surface area contributed by atoms with Crippen molar-refractivity contribution in [1.29, 1.82) is 0 Å². The van der Waals surface area contributed by atoms with Crippen molar-refractivity contribution >= 4 is 5.69 Å². The van der Waals surface area contributed by atoms with E-state index in [1.54, 1.807) is 0 Å². The molecule has 0 radical (unpaired) electrons. The maximum absolute atomic E-state index is 6.35. The van der Waals surface area contributed by atoms with Gasteiger partial charge in [-0.05, 0) is 48.2 Å². The number of hydrogen-bond acceptors (Lipinski definition) is 3. The Bertz CT molecular complexity index is 586. The van der Waals surface area contributed by atoms with Gasteiger partial charge in [0.25, 0.3) is 0 Å². The van der Waals surface area contributed by atoms with E-state index in [1.165, 1.54) is 18.5 Å². The molecular formula is C18H22N2O. The molecule has 0 aromatic heterocycles. The molecule has 0 heterocycles. The van der Waals surface area contributed by atoms with E-state index in [2.05, 4.69) is 41.3 Å². The van der Waals surface area contributed by atoms with Crippen LogP contribution in [-0.4, -0.2) is 20.2 Å². The summed E-state index contributed by atoms with van der Waals surface area (Å²) in [6.07, 6.45) is 2.79. The summed E-state index contributed by atoms with van der Waals surface area (Å²) in [5.74, 6) is 0.941. The molecule has 0 amide bonds. The van der Waals surface area contributed by atoms with Crippen LogP contribution in [0.5, 0.6) is 5.75 Å². The molecule has 1 fully saturated rings. The quantitative estimate of drug-likeness (QED) is 0.914. The van der Waals surface area contributed by atoms with Crippen LogP contribution in [0.3, 0.4) is 0 Å². The maximum atomic E-state index is 6.35. The number of hydrogen-bond donors (Lipinski definition) is 1.